The molecule has 0 bridgehead atoms. The normalized spacial score (nSPS) is 32.1. The molecule has 0 aromatic carbocycles. The summed E-state index contributed by atoms with van der Waals surface area (Å²) in [4.78, 5) is 24.1. The second-order valence-corrected chi connectivity index (χ2v) is 3.41. The Balaban J connectivity index is 2.79. The van der Waals surface area contributed by atoms with Crippen LogP contribution in [0.5, 0.6) is 0 Å². The Hall–Kier alpha value is -1.10. The summed E-state index contributed by atoms with van der Waals surface area (Å²) < 4.78 is 4.79. The molecule has 5 heteroatoms. The van der Waals surface area contributed by atoms with Crippen LogP contribution in [0, 0.1) is 5.92 Å². The minimum Gasteiger partial charge on any atom is -0.466 e. The van der Waals surface area contributed by atoms with Crippen LogP contribution >= 0.6 is 0 Å². The van der Waals surface area contributed by atoms with E-state index in [1.54, 1.807) is 20.9 Å². The molecule has 0 saturated carbocycles. The lowest BCUT2D eigenvalue weighted by atomic mass is 10.00. The highest BCUT2D eigenvalue weighted by Gasteiger charge is 2.47. The van der Waals surface area contributed by atoms with Crippen LogP contribution in [-0.4, -0.2) is 47.7 Å². The SMILES string of the molecule is CCOC(=O)[C@H]1[C@H](O)C(=O)N(C)[C@@H]1C. The third-order valence-corrected chi connectivity index (χ3v) is 2.63. The van der Waals surface area contributed by atoms with Crippen molar-refractivity contribution in [1.82, 2.24) is 4.90 Å². The quantitative estimate of drug-likeness (QED) is 0.605. The third kappa shape index (κ3) is 1.59. The first-order valence-electron chi connectivity index (χ1n) is 4.62. The Morgan fingerprint density at radius 2 is 2.21 bits per heavy atom. The molecule has 80 valence electrons. The molecular weight excluding hydrogens is 186 g/mol. The third-order valence-electron chi connectivity index (χ3n) is 2.63. The molecular formula is C9H15NO4. The first-order chi connectivity index (χ1) is 6.50. The molecule has 5 nitrogen and oxygen atoms in total. The molecule has 14 heavy (non-hydrogen) atoms. The first kappa shape index (κ1) is 11.0. The van der Waals surface area contributed by atoms with Crippen molar-refractivity contribution in [2.75, 3.05) is 13.7 Å². The molecule has 0 aliphatic carbocycles. The van der Waals surface area contributed by atoms with Gasteiger partial charge in [-0.15, -0.1) is 0 Å². The number of carbonyl (C=O) groups is 2. The summed E-state index contributed by atoms with van der Waals surface area (Å²) in [6, 6.07) is -0.309. The van der Waals surface area contributed by atoms with Gasteiger partial charge >= 0.3 is 5.97 Å². The molecule has 0 aromatic heterocycles. The molecule has 0 radical (unpaired) electrons. The molecule has 1 heterocycles. The minimum atomic E-state index is -1.26. The highest BCUT2D eigenvalue weighted by molar-refractivity contribution is 5.91. The van der Waals surface area contributed by atoms with Gasteiger partial charge in [-0.3, -0.25) is 9.59 Å². The maximum atomic E-state index is 11.4. The molecule has 1 N–H and O–H groups in total. The minimum absolute atomic E-state index is 0.257. The number of ether oxygens (including phenoxy) is 1. The van der Waals surface area contributed by atoms with E-state index >= 15 is 0 Å². The summed E-state index contributed by atoms with van der Waals surface area (Å²) in [5.74, 6) is -1.69. The smallest absolute Gasteiger partial charge is 0.314 e. The van der Waals surface area contributed by atoms with Crippen molar-refractivity contribution in [3.05, 3.63) is 0 Å². The summed E-state index contributed by atoms with van der Waals surface area (Å²) >= 11 is 0. The van der Waals surface area contributed by atoms with E-state index in [1.165, 1.54) is 4.90 Å². The van der Waals surface area contributed by atoms with E-state index in [0.29, 0.717) is 0 Å². The molecule has 1 aliphatic heterocycles. The maximum absolute atomic E-state index is 11.4. The molecule has 1 saturated heterocycles. The van der Waals surface area contributed by atoms with Crippen molar-refractivity contribution in [1.29, 1.82) is 0 Å². The van der Waals surface area contributed by atoms with Gasteiger partial charge in [0, 0.05) is 13.1 Å². The first-order valence-corrected chi connectivity index (χ1v) is 4.62. The Kier molecular flexibility index (Phi) is 3.10. The zero-order chi connectivity index (χ0) is 10.9. The fraction of sp³-hybridized carbons (Fsp3) is 0.778. The van der Waals surface area contributed by atoms with E-state index in [9.17, 15) is 14.7 Å². The van der Waals surface area contributed by atoms with Crippen molar-refractivity contribution in [2.45, 2.75) is 26.0 Å². The number of hydrogen-bond donors (Lipinski definition) is 1. The van der Waals surface area contributed by atoms with Crippen molar-refractivity contribution >= 4 is 11.9 Å². The van der Waals surface area contributed by atoms with Crippen LogP contribution in [0.15, 0.2) is 0 Å². The number of likely N-dealkylation sites (tertiary alicyclic amines) is 1. The predicted octanol–water partition coefficient (Wildman–Crippen LogP) is -0.613. The number of nitrogens with zero attached hydrogens (tertiary/aromatic N) is 1. The van der Waals surface area contributed by atoms with Gasteiger partial charge in [0.25, 0.3) is 5.91 Å². The highest BCUT2D eigenvalue weighted by atomic mass is 16.5. The number of aliphatic hydroxyl groups excluding tert-OH is 1. The van der Waals surface area contributed by atoms with Crippen molar-refractivity contribution in [3.8, 4) is 0 Å². The predicted molar refractivity (Wildman–Crippen MR) is 48.4 cm³/mol. The Morgan fingerprint density at radius 3 is 2.57 bits per heavy atom. The zero-order valence-corrected chi connectivity index (χ0v) is 8.56. The fourth-order valence-corrected chi connectivity index (χ4v) is 1.63. The Labute approximate surface area is 82.6 Å². The van der Waals surface area contributed by atoms with E-state index in [4.69, 9.17) is 4.74 Å². The number of aliphatic hydroxyl groups is 1. The molecule has 1 amide bonds. The lowest BCUT2D eigenvalue weighted by Gasteiger charge is -2.18. The van der Waals surface area contributed by atoms with Crippen molar-refractivity contribution in [2.24, 2.45) is 5.92 Å². The topological polar surface area (TPSA) is 66.8 Å². The average molecular weight is 201 g/mol. The number of rotatable bonds is 2. The number of esters is 1. The summed E-state index contributed by atoms with van der Waals surface area (Å²) in [6.07, 6.45) is -1.26. The van der Waals surface area contributed by atoms with Gasteiger partial charge in [0.2, 0.25) is 0 Å². The lowest BCUT2D eigenvalue weighted by Crippen LogP contribution is -2.34. The van der Waals surface area contributed by atoms with E-state index in [1.807, 2.05) is 0 Å². The maximum Gasteiger partial charge on any atom is 0.314 e. The van der Waals surface area contributed by atoms with Crippen LogP contribution in [0.3, 0.4) is 0 Å². The van der Waals surface area contributed by atoms with Gasteiger partial charge in [0.15, 0.2) is 0 Å². The summed E-state index contributed by atoms with van der Waals surface area (Å²) in [6.45, 7) is 3.66. The Bertz CT molecular complexity index is 253. The van der Waals surface area contributed by atoms with Crippen LogP contribution in [0.2, 0.25) is 0 Å². The molecule has 1 aliphatic rings. The van der Waals surface area contributed by atoms with Gasteiger partial charge < -0.3 is 14.7 Å². The van der Waals surface area contributed by atoms with Gasteiger partial charge in [-0.2, -0.15) is 0 Å². The second kappa shape index (κ2) is 3.96. The van der Waals surface area contributed by atoms with Gasteiger partial charge in [0.05, 0.1) is 6.61 Å². The fourth-order valence-electron chi connectivity index (χ4n) is 1.63. The molecule has 1 rings (SSSR count). The van der Waals surface area contributed by atoms with Gasteiger partial charge in [-0.05, 0) is 13.8 Å². The van der Waals surface area contributed by atoms with Crippen LogP contribution in [0.25, 0.3) is 0 Å². The van der Waals surface area contributed by atoms with Gasteiger partial charge in [-0.25, -0.2) is 0 Å². The Morgan fingerprint density at radius 1 is 1.64 bits per heavy atom. The van der Waals surface area contributed by atoms with Gasteiger partial charge in [-0.1, -0.05) is 0 Å². The number of hydrogen-bond acceptors (Lipinski definition) is 4. The van der Waals surface area contributed by atoms with Crippen LogP contribution in [-0.2, 0) is 14.3 Å². The lowest BCUT2D eigenvalue weighted by molar-refractivity contribution is -0.152. The number of likely N-dealkylation sites (N-methyl/N-ethyl adjacent to an activating group) is 1. The zero-order valence-electron chi connectivity index (χ0n) is 8.56. The average Bonchev–Trinajstić information content (AvgIpc) is 2.32. The number of amides is 1. The summed E-state index contributed by atoms with van der Waals surface area (Å²) in [5.41, 5.74) is 0. The van der Waals surface area contributed by atoms with Crippen LogP contribution in [0.4, 0.5) is 0 Å². The van der Waals surface area contributed by atoms with E-state index in [2.05, 4.69) is 0 Å². The molecule has 0 unspecified atom stereocenters. The van der Waals surface area contributed by atoms with E-state index in [0.717, 1.165) is 0 Å². The highest BCUT2D eigenvalue weighted by Crippen LogP contribution is 2.25. The summed E-state index contributed by atoms with van der Waals surface area (Å²) in [7, 11) is 1.56. The molecule has 0 aromatic rings. The van der Waals surface area contributed by atoms with Crippen molar-refractivity contribution in [3.63, 3.8) is 0 Å². The van der Waals surface area contributed by atoms with E-state index < -0.39 is 23.9 Å². The van der Waals surface area contributed by atoms with Crippen molar-refractivity contribution < 1.29 is 19.4 Å². The monoisotopic (exact) mass is 201 g/mol. The van der Waals surface area contributed by atoms with Crippen LogP contribution < -0.4 is 0 Å². The largest absolute Gasteiger partial charge is 0.466 e. The molecule has 0 spiro atoms. The van der Waals surface area contributed by atoms with E-state index in [-0.39, 0.29) is 12.6 Å². The standard InChI is InChI=1S/C9H15NO4/c1-4-14-9(13)6-5(2)10(3)8(12)7(6)11/h5-7,11H,4H2,1-3H3/t5-,6-,7+/m1/s1. The number of carbonyl (C=O) groups excluding carboxylic acids is 2. The molecule has 1 fully saturated rings. The molecule has 3 atom stereocenters. The van der Waals surface area contributed by atoms with Gasteiger partial charge in [0.1, 0.15) is 12.0 Å². The van der Waals surface area contributed by atoms with Crippen LogP contribution in [0.1, 0.15) is 13.8 Å². The summed E-state index contributed by atoms with van der Waals surface area (Å²) in [5, 5.41) is 9.50. The second-order valence-electron chi connectivity index (χ2n) is 3.41.